The largest absolute Gasteiger partial charge is 0.494 e. The maximum absolute atomic E-state index is 13.4. The molecule has 66 heavy (non-hydrogen) atoms. The second-order valence-electron chi connectivity index (χ2n) is 14.8. The van der Waals surface area contributed by atoms with Gasteiger partial charge in [-0.3, -0.25) is 0 Å². The van der Waals surface area contributed by atoms with Crippen molar-refractivity contribution in [3.8, 4) is 34.3 Å². The number of ether oxygens (including phenoxy) is 6. The summed E-state index contributed by atoms with van der Waals surface area (Å²) in [5.41, 5.74) is 2.81. The summed E-state index contributed by atoms with van der Waals surface area (Å²) in [4.78, 5) is 53.6. The molecular weight excluding hydrogens is 859 g/mol. The van der Waals surface area contributed by atoms with Crippen LogP contribution >= 0.6 is 11.3 Å². The minimum Gasteiger partial charge on any atom is -0.494 e. The standard InChI is InChI=1S/C52H51N3O10S/c1-3-48(56)62-31-13-7-5-11-29-60-43-23-19-38(20-24-43)50(58)64-45-27-28-47(65-51(59)39-21-25-44(26-22-39)61-30-12-6-8-14-32-63-49(57)4-2)42(34-45)35-53-55-52-54-46(36-66-52)41-18-17-37-15-9-10-16-40(37)33-41/h3-4,9-10,15-28,33-34,36H,1-2,5-8,11-14,29-32,35H2. The van der Waals surface area contributed by atoms with Gasteiger partial charge in [-0.1, -0.05) is 49.6 Å². The van der Waals surface area contributed by atoms with Crippen molar-refractivity contribution < 1.29 is 47.6 Å². The maximum atomic E-state index is 13.4. The van der Waals surface area contributed by atoms with Gasteiger partial charge in [0, 0.05) is 28.7 Å². The molecule has 6 aromatic rings. The van der Waals surface area contributed by atoms with Crippen LogP contribution in [0.2, 0.25) is 0 Å². The summed E-state index contributed by atoms with van der Waals surface area (Å²) < 4.78 is 33.3. The average Bonchev–Trinajstić information content (AvgIpc) is 3.82. The van der Waals surface area contributed by atoms with Gasteiger partial charge in [0.25, 0.3) is 0 Å². The first-order chi connectivity index (χ1) is 32.3. The van der Waals surface area contributed by atoms with Gasteiger partial charge in [0.1, 0.15) is 23.0 Å². The van der Waals surface area contributed by atoms with Gasteiger partial charge >= 0.3 is 23.9 Å². The molecule has 0 unspecified atom stereocenters. The van der Waals surface area contributed by atoms with Crippen molar-refractivity contribution in [1.82, 2.24) is 4.98 Å². The number of hydrogen-bond acceptors (Lipinski definition) is 14. The molecule has 0 aliphatic rings. The monoisotopic (exact) mass is 909 g/mol. The van der Waals surface area contributed by atoms with Crippen LogP contribution in [0, 0.1) is 0 Å². The highest BCUT2D eigenvalue weighted by atomic mass is 32.1. The van der Waals surface area contributed by atoms with E-state index in [1.807, 2.05) is 23.6 Å². The molecule has 0 fully saturated rings. The Labute approximate surface area is 387 Å². The zero-order valence-electron chi connectivity index (χ0n) is 36.6. The summed E-state index contributed by atoms with van der Waals surface area (Å²) in [5.74, 6) is -0.365. The SMILES string of the molecule is C=CC(=O)OCCCCCCOc1ccc(C(=O)Oc2ccc(OC(=O)c3ccc(OCCCCCCOC(=O)C=C)cc3)c(CN=Nc3nc(-c4ccc5ccccc5c4)cs3)c2)cc1. The number of carbonyl (C=O) groups excluding carboxylic acids is 4. The Morgan fingerprint density at radius 3 is 1.71 bits per heavy atom. The molecule has 13 nitrogen and oxygen atoms in total. The highest BCUT2D eigenvalue weighted by Crippen LogP contribution is 2.31. The molecular formula is C52H51N3O10S. The van der Waals surface area contributed by atoms with E-state index >= 15 is 0 Å². The number of unbranched alkanes of at least 4 members (excludes halogenated alkanes) is 6. The van der Waals surface area contributed by atoms with Gasteiger partial charge in [0.15, 0.2) is 0 Å². The van der Waals surface area contributed by atoms with Crippen molar-refractivity contribution in [2.75, 3.05) is 26.4 Å². The van der Waals surface area contributed by atoms with E-state index in [-0.39, 0.29) is 18.0 Å². The number of azo groups is 1. The van der Waals surface area contributed by atoms with E-state index in [2.05, 4.69) is 52.6 Å². The minimum absolute atomic E-state index is 0.0135. The van der Waals surface area contributed by atoms with Crippen LogP contribution in [0.5, 0.6) is 23.0 Å². The van der Waals surface area contributed by atoms with Crippen molar-refractivity contribution in [2.45, 2.75) is 57.9 Å². The third kappa shape index (κ3) is 15.4. The molecule has 0 aliphatic heterocycles. The van der Waals surface area contributed by atoms with E-state index in [0.29, 0.717) is 59.7 Å². The Morgan fingerprint density at radius 2 is 1.12 bits per heavy atom. The topological polar surface area (TPSA) is 161 Å². The molecule has 5 aromatic carbocycles. The van der Waals surface area contributed by atoms with E-state index in [9.17, 15) is 19.2 Å². The van der Waals surface area contributed by atoms with E-state index in [1.165, 1.54) is 11.3 Å². The summed E-state index contributed by atoms with van der Waals surface area (Å²) in [6.07, 6.45) is 9.12. The first-order valence-corrected chi connectivity index (χ1v) is 22.6. The molecule has 1 aromatic heterocycles. The fourth-order valence-corrected chi connectivity index (χ4v) is 7.13. The normalized spacial score (nSPS) is 10.9. The predicted molar refractivity (Wildman–Crippen MR) is 253 cm³/mol. The van der Waals surface area contributed by atoms with Crippen molar-refractivity contribution in [2.24, 2.45) is 10.2 Å². The minimum atomic E-state index is -0.601. The van der Waals surface area contributed by atoms with Crippen molar-refractivity contribution >= 4 is 51.1 Å². The number of benzene rings is 5. The van der Waals surface area contributed by atoms with E-state index in [1.54, 1.807) is 66.7 Å². The molecule has 0 saturated carbocycles. The number of thiazole rings is 1. The van der Waals surface area contributed by atoms with Gasteiger partial charge < -0.3 is 28.4 Å². The summed E-state index contributed by atoms with van der Waals surface area (Å²) in [5, 5.41) is 13.4. The Kier molecular flexibility index (Phi) is 18.7. The molecule has 1 heterocycles. The molecule has 0 atom stereocenters. The third-order valence-electron chi connectivity index (χ3n) is 10.00. The Morgan fingerprint density at radius 1 is 0.576 bits per heavy atom. The lowest BCUT2D eigenvalue weighted by Crippen LogP contribution is -2.11. The van der Waals surface area contributed by atoms with E-state index in [0.717, 1.165) is 85.5 Å². The molecule has 0 saturated heterocycles. The number of nitrogens with zero attached hydrogens (tertiary/aromatic N) is 3. The number of fused-ring (bicyclic) bond motifs is 1. The van der Waals surface area contributed by atoms with Crippen molar-refractivity contribution in [3.05, 3.63) is 157 Å². The number of rotatable bonds is 26. The molecule has 6 rings (SSSR count). The summed E-state index contributed by atoms with van der Waals surface area (Å²) in [6.45, 7) is 8.49. The molecule has 340 valence electrons. The van der Waals surface area contributed by atoms with Gasteiger partial charge in [-0.25, -0.2) is 24.2 Å². The van der Waals surface area contributed by atoms with Crippen LogP contribution in [0.15, 0.2) is 150 Å². The van der Waals surface area contributed by atoms with Crippen LogP contribution in [-0.4, -0.2) is 55.3 Å². The number of hydrogen-bond donors (Lipinski definition) is 0. The molecule has 0 radical (unpaired) electrons. The van der Waals surface area contributed by atoms with Crippen molar-refractivity contribution in [1.29, 1.82) is 0 Å². The number of esters is 4. The van der Waals surface area contributed by atoms with Crippen LogP contribution in [0.25, 0.3) is 22.0 Å². The molecule has 0 bridgehead atoms. The van der Waals surface area contributed by atoms with Gasteiger partial charge in [-0.15, -0.1) is 16.5 Å². The predicted octanol–water partition coefficient (Wildman–Crippen LogP) is 12.0. The van der Waals surface area contributed by atoms with Crippen molar-refractivity contribution in [3.63, 3.8) is 0 Å². The summed E-state index contributed by atoms with van der Waals surface area (Å²) in [7, 11) is 0. The van der Waals surface area contributed by atoms with Crippen LogP contribution in [0.3, 0.4) is 0 Å². The second-order valence-corrected chi connectivity index (χ2v) is 15.7. The third-order valence-corrected chi connectivity index (χ3v) is 10.7. The van der Waals surface area contributed by atoms with Crippen LogP contribution in [0.4, 0.5) is 5.13 Å². The van der Waals surface area contributed by atoms with Gasteiger partial charge in [0.05, 0.1) is 49.8 Å². The first kappa shape index (κ1) is 48.0. The smallest absolute Gasteiger partial charge is 0.343 e. The number of carbonyl (C=O) groups is 4. The van der Waals surface area contributed by atoms with Gasteiger partial charge in [-0.2, -0.15) is 5.11 Å². The maximum Gasteiger partial charge on any atom is 0.343 e. The quantitative estimate of drug-likeness (QED) is 0.0167. The lowest BCUT2D eigenvalue weighted by molar-refractivity contribution is -0.138. The Hall–Kier alpha value is -7.45. The van der Waals surface area contributed by atoms with Gasteiger partial charge in [0.2, 0.25) is 5.13 Å². The lowest BCUT2D eigenvalue weighted by Gasteiger charge is -2.12. The second kappa shape index (κ2) is 25.7. The molecule has 0 spiro atoms. The molecule has 0 N–H and O–H groups in total. The molecule has 0 aliphatic carbocycles. The average molecular weight is 910 g/mol. The fraction of sp³-hybridized carbons (Fsp3) is 0.250. The molecule has 0 amide bonds. The summed E-state index contributed by atoms with van der Waals surface area (Å²) >= 11 is 1.35. The van der Waals surface area contributed by atoms with Crippen LogP contribution in [-0.2, 0) is 25.6 Å². The highest BCUT2D eigenvalue weighted by Gasteiger charge is 2.16. The Bertz CT molecular complexity index is 2610. The van der Waals surface area contributed by atoms with E-state index in [4.69, 9.17) is 28.4 Å². The number of aromatic nitrogens is 1. The summed E-state index contributed by atoms with van der Waals surface area (Å²) in [6, 6.07) is 32.3. The highest BCUT2D eigenvalue weighted by molar-refractivity contribution is 7.13. The Balaban J connectivity index is 1.06. The molecule has 14 heteroatoms. The zero-order valence-corrected chi connectivity index (χ0v) is 37.4. The van der Waals surface area contributed by atoms with Crippen LogP contribution < -0.4 is 18.9 Å². The fourth-order valence-electron chi connectivity index (χ4n) is 6.46. The van der Waals surface area contributed by atoms with E-state index < -0.39 is 23.9 Å². The lowest BCUT2D eigenvalue weighted by atomic mass is 10.1. The van der Waals surface area contributed by atoms with Crippen LogP contribution in [0.1, 0.15) is 77.6 Å². The zero-order chi connectivity index (χ0) is 46.4. The first-order valence-electron chi connectivity index (χ1n) is 21.7. The van der Waals surface area contributed by atoms with Gasteiger partial charge in [-0.05, 0) is 135 Å².